The molecule has 1 N–H and O–H groups in total. The highest BCUT2D eigenvalue weighted by molar-refractivity contribution is 5.78. The molecule has 11 heteroatoms. The molecular formula is C28H31FN6O4. The maximum Gasteiger partial charge on any atom is 0.332 e. The summed E-state index contributed by atoms with van der Waals surface area (Å²) in [5, 5.41) is 2.81. The third-order valence-electron chi connectivity index (χ3n) is 6.99. The number of rotatable bonds is 9. The fourth-order valence-electron chi connectivity index (χ4n) is 5.14. The van der Waals surface area contributed by atoms with Gasteiger partial charge in [-0.3, -0.25) is 18.7 Å². The Labute approximate surface area is 224 Å². The van der Waals surface area contributed by atoms with Crippen LogP contribution in [0.3, 0.4) is 0 Å². The van der Waals surface area contributed by atoms with Crippen LogP contribution in [0, 0.1) is 11.7 Å². The minimum absolute atomic E-state index is 0.0743. The Kier molecular flexibility index (Phi) is 7.32. The van der Waals surface area contributed by atoms with Gasteiger partial charge in [0.25, 0.3) is 5.56 Å². The van der Waals surface area contributed by atoms with Crippen molar-refractivity contribution in [2.75, 3.05) is 6.54 Å². The molecule has 0 spiro atoms. The van der Waals surface area contributed by atoms with Crippen LogP contribution < -0.4 is 21.3 Å². The van der Waals surface area contributed by atoms with Crippen molar-refractivity contribution >= 4 is 17.1 Å². The first-order valence-corrected chi connectivity index (χ1v) is 13.2. The third kappa shape index (κ3) is 4.96. The lowest BCUT2D eigenvalue weighted by atomic mass is 9.94. The second kappa shape index (κ2) is 10.8. The smallest absolute Gasteiger partial charge is 0.332 e. The Morgan fingerprint density at radius 3 is 2.51 bits per heavy atom. The number of carbonyl (C=O) groups is 1. The van der Waals surface area contributed by atoms with Crippen molar-refractivity contribution in [3.63, 3.8) is 0 Å². The molecular weight excluding hydrogens is 503 g/mol. The van der Waals surface area contributed by atoms with Crippen molar-refractivity contribution in [1.82, 2.24) is 29.0 Å². The van der Waals surface area contributed by atoms with E-state index in [0.29, 0.717) is 66.5 Å². The number of nitrogens with zero attached hydrogens (tertiary/aromatic N) is 5. The van der Waals surface area contributed by atoms with E-state index in [4.69, 9.17) is 4.74 Å². The molecule has 4 heterocycles. The minimum Gasteiger partial charge on any atom is -0.469 e. The number of imidazole rings is 1. The number of ether oxygens (including phenoxy) is 1. The van der Waals surface area contributed by atoms with E-state index in [0.717, 1.165) is 0 Å². The lowest BCUT2D eigenvalue weighted by Gasteiger charge is -2.23. The van der Waals surface area contributed by atoms with Crippen LogP contribution in [0.4, 0.5) is 4.39 Å². The highest BCUT2D eigenvalue weighted by atomic mass is 19.1. The van der Waals surface area contributed by atoms with Gasteiger partial charge in [-0.15, -0.1) is 0 Å². The zero-order chi connectivity index (χ0) is 27.7. The number of benzene rings is 1. The number of nitrogens with one attached hydrogen (secondary N) is 1. The van der Waals surface area contributed by atoms with Crippen molar-refractivity contribution in [1.29, 1.82) is 0 Å². The highest BCUT2D eigenvalue weighted by Gasteiger charge is 2.32. The molecule has 1 aliphatic heterocycles. The number of hydrogen-bond donors (Lipinski definition) is 1. The standard InChI is InChI=1S/C28H31FN6O4/c1-4-11-34-26-23(27(37)35(12-5-2)28(34)38)33(3)25(32-26)18-9-10-22(31-15-18)39-24(19-14-21(36)30-16-19)17-7-6-8-20(29)13-17/h6-10,13,15,19,24H,4-5,11-12,14,16H2,1-3H3,(H,30,36). The summed E-state index contributed by atoms with van der Waals surface area (Å²) in [6.45, 7) is 5.09. The molecule has 1 saturated heterocycles. The third-order valence-corrected chi connectivity index (χ3v) is 6.99. The lowest BCUT2D eigenvalue weighted by molar-refractivity contribution is -0.119. The van der Waals surface area contributed by atoms with Crippen molar-refractivity contribution < 1.29 is 13.9 Å². The second-order valence-electron chi connectivity index (χ2n) is 9.80. The van der Waals surface area contributed by atoms with Crippen molar-refractivity contribution in [3.05, 3.63) is 74.8 Å². The quantitative estimate of drug-likeness (QED) is 0.353. The number of halogens is 1. The van der Waals surface area contributed by atoms with E-state index in [-0.39, 0.29) is 35.3 Å². The molecule has 1 aliphatic rings. The number of hydrogen-bond acceptors (Lipinski definition) is 6. The number of amides is 1. The van der Waals surface area contributed by atoms with Crippen LogP contribution in [0.1, 0.15) is 44.8 Å². The predicted octanol–water partition coefficient (Wildman–Crippen LogP) is 3.17. The van der Waals surface area contributed by atoms with Gasteiger partial charge < -0.3 is 14.6 Å². The molecule has 4 aromatic rings. The van der Waals surface area contributed by atoms with Gasteiger partial charge >= 0.3 is 5.69 Å². The summed E-state index contributed by atoms with van der Waals surface area (Å²) < 4.78 is 24.7. The van der Waals surface area contributed by atoms with E-state index in [9.17, 15) is 18.8 Å². The fraction of sp³-hybridized carbons (Fsp3) is 0.393. The first kappa shape index (κ1) is 26.3. The number of pyridine rings is 1. The van der Waals surface area contributed by atoms with Gasteiger partial charge in [0.1, 0.15) is 17.7 Å². The molecule has 1 aromatic carbocycles. The Bertz CT molecular complexity index is 1640. The van der Waals surface area contributed by atoms with Gasteiger partial charge in [-0.2, -0.15) is 0 Å². The fourth-order valence-corrected chi connectivity index (χ4v) is 5.14. The van der Waals surface area contributed by atoms with Gasteiger partial charge in [0, 0.05) is 56.8 Å². The molecule has 3 aromatic heterocycles. The van der Waals surface area contributed by atoms with E-state index in [1.54, 1.807) is 46.6 Å². The summed E-state index contributed by atoms with van der Waals surface area (Å²) >= 11 is 0. The molecule has 2 unspecified atom stereocenters. The molecule has 204 valence electrons. The van der Waals surface area contributed by atoms with Crippen LogP contribution in [0.15, 0.2) is 52.2 Å². The molecule has 5 rings (SSSR count). The Morgan fingerprint density at radius 1 is 1.10 bits per heavy atom. The monoisotopic (exact) mass is 534 g/mol. The van der Waals surface area contributed by atoms with Gasteiger partial charge in [-0.05, 0) is 36.6 Å². The van der Waals surface area contributed by atoms with E-state index in [2.05, 4.69) is 15.3 Å². The zero-order valence-corrected chi connectivity index (χ0v) is 22.2. The van der Waals surface area contributed by atoms with Gasteiger partial charge in [0.2, 0.25) is 11.8 Å². The summed E-state index contributed by atoms with van der Waals surface area (Å²) in [7, 11) is 1.75. The second-order valence-corrected chi connectivity index (χ2v) is 9.80. The van der Waals surface area contributed by atoms with Crippen molar-refractivity contribution in [2.24, 2.45) is 13.0 Å². The van der Waals surface area contributed by atoms with Crippen LogP contribution in [0.5, 0.6) is 5.88 Å². The molecule has 39 heavy (non-hydrogen) atoms. The largest absolute Gasteiger partial charge is 0.469 e. The number of aryl methyl sites for hydroxylation is 2. The number of fused-ring (bicyclic) bond motifs is 1. The van der Waals surface area contributed by atoms with Gasteiger partial charge in [0.15, 0.2) is 11.2 Å². The van der Waals surface area contributed by atoms with Crippen LogP contribution in [0.2, 0.25) is 0 Å². The van der Waals surface area contributed by atoms with E-state index in [1.165, 1.54) is 16.7 Å². The Hall–Kier alpha value is -4.28. The normalized spacial score (nSPS) is 16.0. The molecule has 10 nitrogen and oxygen atoms in total. The maximum absolute atomic E-state index is 14.0. The summed E-state index contributed by atoms with van der Waals surface area (Å²) in [6, 6.07) is 9.60. The van der Waals surface area contributed by atoms with E-state index < -0.39 is 6.10 Å². The van der Waals surface area contributed by atoms with Crippen LogP contribution >= 0.6 is 0 Å². The SMILES string of the molecule is CCCn1c(=O)c2c(nc(-c3ccc(OC(c4cccc(F)c4)C4CNC(=O)C4)nc3)n2C)n(CCC)c1=O. The van der Waals surface area contributed by atoms with Crippen molar-refractivity contribution in [3.8, 4) is 17.3 Å². The summed E-state index contributed by atoms with van der Waals surface area (Å²) in [4.78, 5) is 47.3. The summed E-state index contributed by atoms with van der Waals surface area (Å²) in [5.41, 5.74) is 1.24. The average molecular weight is 535 g/mol. The molecule has 2 atom stereocenters. The molecule has 1 fully saturated rings. The van der Waals surface area contributed by atoms with Gasteiger partial charge in [-0.25, -0.2) is 19.2 Å². The number of carbonyl (C=O) groups excluding carboxylic acids is 1. The molecule has 0 saturated carbocycles. The van der Waals surface area contributed by atoms with E-state index in [1.807, 2.05) is 13.8 Å². The number of aromatic nitrogens is 5. The Morgan fingerprint density at radius 2 is 1.87 bits per heavy atom. The zero-order valence-electron chi connectivity index (χ0n) is 22.2. The minimum atomic E-state index is -0.575. The first-order valence-electron chi connectivity index (χ1n) is 13.2. The topological polar surface area (TPSA) is 113 Å². The van der Waals surface area contributed by atoms with Gasteiger partial charge in [0.05, 0.1) is 0 Å². The molecule has 0 radical (unpaired) electrons. The van der Waals surface area contributed by atoms with Crippen LogP contribution in [-0.4, -0.2) is 36.1 Å². The summed E-state index contributed by atoms with van der Waals surface area (Å²) in [6.07, 6.45) is 2.66. The highest BCUT2D eigenvalue weighted by Crippen LogP contribution is 2.32. The molecule has 1 amide bonds. The average Bonchev–Trinajstić information content (AvgIpc) is 3.51. The maximum atomic E-state index is 14.0. The Balaban J connectivity index is 1.51. The lowest BCUT2D eigenvalue weighted by Crippen LogP contribution is -2.40. The van der Waals surface area contributed by atoms with E-state index >= 15 is 0 Å². The van der Waals surface area contributed by atoms with Crippen LogP contribution in [-0.2, 0) is 24.9 Å². The summed E-state index contributed by atoms with van der Waals surface area (Å²) in [5.74, 6) is 0.158. The molecule has 0 bridgehead atoms. The van der Waals surface area contributed by atoms with Crippen molar-refractivity contribution in [2.45, 2.75) is 52.3 Å². The first-order chi connectivity index (χ1) is 18.8. The van der Waals surface area contributed by atoms with Crippen LogP contribution in [0.25, 0.3) is 22.6 Å². The molecule has 0 aliphatic carbocycles. The van der Waals surface area contributed by atoms with Gasteiger partial charge in [-0.1, -0.05) is 26.0 Å². The predicted molar refractivity (Wildman–Crippen MR) is 144 cm³/mol.